The van der Waals surface area contributed by atoms with Gasteiger partial charge >= 0.3 is 36.6 Å². The molecule has 0 aromatic heterocycles. The van der Waals surface area contributed by atoms with Gasteiger partial charge in [-0.1, -0.05) is 0 Å². The van der Waals surface area contributed by atoms with Crippen LogP contribution >= 0.6 is 0 Å². The van der Waals surface area contributed by atoms with Gasteiger partial charge in [0, 0.05) is 0 Å². The summed E-state index contributed by atoms with van der Waals surface area (Å²) in [6, 6.07) is 0. The Labute approximate surface area is 37.4 Å². The van der Waals surface area contributed by atoms with Gasteiger partial charge < -0.3 is 0 Å². The maximum atomic E-state index is 9.39. The Morgan fingerprint density at radius 3 is 2.60 bits per heavy atom. The average Bonchev–Trinajstić information content (AvgIpc) is 1.41. The molecule has 0 aliphatic carbocycles. The van der Waals surface area contributed by atoms with Crippen molar-refractivity contribution in [2.24, 2.45) is 0 Å². The molecule has 0 aromatic rings. The van der Waals surface area contributed by atoms with E-state index in [0.29, 0.717) is 6.61 Å². The van der Waals surface area contributed by atoms with Crippen LogP contribution in [0.2, 0.25) is 0 Å². The summed E-state index contributed by atoms with van der Waals surface area (Å²) in [6.07, 6.45) is 0. The molecule has 0 rings (SSSR count). The summed E-state index contributed by atoms with van der Waals surface area (Å²) in [5.74, 6) is 0. The zero-order valence-electron chi connectivity index (χ0n) is 3.10. The van der Waals surface area contributed by atoms with E-state index in [1.165, 1.54) is 0 Å². The van der Waals surface area contributed by atoms with Crippen LogP contribution in [0.5, 0.6) is 0 Å². The first-order valence-corrected chi connectivity index (χ1v) is 2.41. The van der Waals surface area contributed by atoms with Crippen LogP contribution in [0.4, 0.5) is 0 Å². The molecule has 0 N–H and O–H groups in total. The molecule has 0 radical (unpaired) electrons. The second kappa shape index (κ2) is 4.13. The summed E-state index contributed by atoms with van der Waals surface area (Å²) >= 11 is -0.964. The minimum absolute atomic E-state index is 0.568. The molecule has 0 aliphatic heterocycles. The molecule has 0 fully saturated rings. The summed E-state index contributed by atoms with van der Waals surface area (Å²) in [5, 5.41) is 0. The van der Waals surface area contributed by atoms with Gasteiger partial charge in [0.1, 0.15) is 0 Å². The van der Waals surface area contributed by atoms with E-state index < -0.39 is 15.5 Å². The molecule has 2 nitrogen and oxygen atoms in total. The van der Waals surface area contributed by atoms with Crippen molar-refractivity contribution in [1.82, 2.24) is 0 Å². The van der Waals surface area contributed by atoms with Crippen molar-refractivity contribution in [3.05, 3.63) is 0 Å². The van der Waals surface area contributed by atoms with Crippen LogP contribution in [0.3, 0.4) is 0 Å². The van der Waals surface area contributed by atoms with Gasteiger partial charge in [0.25, 0.3) is 0 Å². The molecule has 5 heavy (non-hydrogen) atoms. The molecule has 3 heteroatoms. The van der Waals surface area contributed by atoms with Crippen LogP contribution in [0.1, 0.15) is 6.92 Å². The van der Waals surface area contributed by atoms with Gasteiger partial charge in [0.15, 0.2) is 0 Å². The van der Waals surface area contributed by atoms with E-state index in [2.05, 4.69) is 3.79 Å². The molecule has 28 valence electrons. The Bertz CT molecular complexity index is 28.8. The monoisotopic (exact) mass is 88.0 g/mol. The zero-order valence-corrected chi connectivity index (χ0v) is 4.26. The molecule has 0 aromatic carbocycles. The van der Waals surface area contributed by atoms with Gasteiger partial charge in [0.05, 0.1) is 0 Å². The van der Waals surface area contributed by atoms with E-state index in [1.807, 2.05) is 6.92 Å². The molecule has 0 atom stereocenters. The molecule has 0 saturated carbocycles. The van der Waals surface area contributed by atoms with Gasteiger partial charge in [-0.15, -0.1) is 0 Å². The van der Waals surface area contributed by atoms with E-state index in [4.69, 9.17) is 0 Å². The van der Waals surface area contributed by atoms with E-state index in [-0.39, 0.29) is 0 Å². The van der Waals surface area contributed by atoms with Gasteiger partial charge in [-0.2, -0.15) is 0 Å². The van der Waals surface area contributed by atoms with Crippen molar-refractivity contribution < 1.29 is 7.59 Å². The molecule has 0 unspecified atom stereocenters. The first-order valence-electron chi connectivity index (χ1n) is 1.47. The third-order valence-electron chi connectivity index (χ3n) is 0.235. The second-order valence-electron chi connectivity index (χ2n) is 0.552. The summed E-state index contributed by atoms with van der Waals surface area (Å²) in [7, 11) is 0. The van der Waals surface area contributed by atoms with Crippen LogP contribution in [0.25, 0.3) is 0 Å². The molecule has 0 saturated heterocycles. The molecule has 0 heterocycles. The van der Waals surface area contributed by atoms with Crippen molar-refractivity contribution in [3.8, 4) is 0 Å². The number of hydrogen-bond donors (Lipinski definition) is 0. The molecule has 0 spiro atoms. The minimum atomic E-state index is -0.964. The molecular formula is C2H5AlO2. The normalized spacial score (nSPS) is 5.80. The Morgan fingerprint density at radius 1 is 2.00 bits per heavy atom. The van der Waals surface area contributed by atoms with Crippen LogP contribution < -0.4 is 0 Å². The number of hydrogen-bond acceptors (Lipinski definition) is 2. The zero-order chi connectivity index (χ0) is 4.12. The van der Waals surface area contributed by atoms with Crippen molar-refractivity contribution >= 4 is 15.5 Å². The summed E-state index contributed by atoms with van der Waals surface area (Å²) in [6.45, 7) is 2.38. The third kappa shape index (κ3) is 4.13. The Kier molecular flexibility index (Phi) is 4.24. The fourth-order valence-electron chi connectivity index (χ4n) is 0.0680. The Morgan fingerprint density at radius 2 is 2.60 bits per heavy atom. The molecule has 0 aliphatic rings. The predicted molar refractivity (Wildman–Crippen MR) is 18.1 cm³/mol. The molecule has 0 amide bonds. The van der Waals surface area contributed by atoms with Crippen LogP contribution in [-0.4, -0.2) is 22.1 Å². The van der Waals surface area contributed by atoms with Gasteiger partial charge in [-0.3, -0.25) is 0 Å². The molecular weight excluding hydrogens is 83.0 g/mol. The second-order valence-corrected chi connectivity index (χ2v) is 1.08. The fraction of sp³-hybridized carbons (Fsp3) is 1.00. The summed E-state index contributed by atoms with van der Waals surface area (Å²) in [5.41, 5.74) is 0. The van der Waals surface area contributed by atoms with E-state index in [9.17, 15) is 3.80 Å². The van der Waals surface area contributed by atoms with Crippen molar-refractivity contribution in [2.45, 2.75) is 6.92 Å². The topological polar surface area (TPSA) is 26.3 Å². The van der Waals surface area contributed by atoms with Gasteiger partial charge in [0.2, 0.25) is 0 Å². The van der Waals surface area contributed by atoms with Gasteiger partial charge in [-0.05, 0) is 0 Å². The Hall–Kier alpha value is 0.132. The van der Waals surface area contributed by atoms with Crippen molar-refractivity contribution in [1.29, 1.82) is 0 Å². The first-order chi connectivity index (χ1) is 2.41. The van der Waals surface area contributed by atoms with E-state index in [1.54, 1.807) is 0 Å². The number of rotatable bonds is 2. The maximum absolute atomic E-state index is 9.39. The first kappa shape index (κ1) is 5.13. The molecule has 0 bridgehead atoms. The predicted octanol–water partition coefficient (Wildman–Crippen LogP) is -0.0124. The van der Waals surface area contributed by atoms with E-state index >= 15 is 0 Å². The van der Waals surface area contributed by atoms with Gasteiger partial charge in [-0.25, -0.2) is 0 Å². The van der Waals surface area contributed by atoms with Crippen molar-refractivity contribution in [3.63, 3.8) is 0 Å². The quantitative estimate of drug-likeness (QED) is 0.443. The SMILES string of the molecule is CC[O][Al]=[O]. The summed E-state index contributed by atoms with van der Waals surface area (Å²) in [4.78, 5) is 0. The standard InChI is InChI=1S/C2H5O.Al.O/c1-2-3;;/h2H2,1H3;;/q-1;+1;. The summed E-state index contributed by atoms with van der Waals surface area (Å²) < 4.78 is 13.8. The van der Waals surface area contributed by atoms with E-state index in [0.717, 1.165) is 0 Å². The van der Waals surface area contributed by atoms with Crippen LogP contribution in [0, 0.1) is 0 Å². The van der Waals surface area contributed by atoms with Crippen LogP contribution in [0.15, 0.2) is 0 Å². The third-order valence-corrected chi connectivity index (χ3v) is 0.704. The fourth-order valence-corrected chi connectivity index (χ4v) is 0.204. The van der Waals surface area contributed by atoms with Crippen molar-refractivity contribution in [2.75, 3.05) is 6.61 Å². The van der Waals surface area contributed by atoms with Crippen LogP contribution in [-0.2, 0) is 7.59 Å². The Balaban J connectivity index is 2.40. The average molecular weight is 88.0 g/mol.